The maximum absolute atomic E-state index is 12.7. The summed E-state index contributed by atoms with van der Waals surface area (Å²) < 4.78 is 0. The smallest absolute Gasteiger partial charge is 0.253 e. The monoisotopic (exact) mass is 399 g/mol. The van der Waals surface area contributed by atoms with Gasteiger partial charge in [-0.05, 0) is 30.5 Å². The number of rotatable bonds is 5. The maximum Gasteiger partial charge on any atom is 0.253 e. The molecule has 148 valence electrons. The van der Waals surface area contributed by atoms with E-state index in [1.54, 1.807) is 9.80 Å². The van der Waals surface area contributed by atoms with Gasteiger partial charge in [-0.2, -0.15) is 0 Å². The van der Waals surface area contributed by atoms with Crippen LogP contribution in [0.25, 0.3) is 0 Å². The first-order valence-corrected chi connectivity index (χ1v) is 10.3. The van der Waals surface area contributed by atoms with E-state index in [-0.39, 0.29) is 30.2 Å². The van der Waals surface area contributed by atoms with E-state index in [4.69, 9.17) is 0 Å². The van der Waals surface area contributed by atoms with Gasteiger partial charge in [0.25, 0.3) is 5.91 Å². The van der Waals surface area contributed by atoms with E-state index in [1.165, 1.54) is 18.3 Å². The largest absolute Gasteiger partial charge is 0.348 e. The van der Waals surface area contributed by atoms with E-state index in [1.807, 2.05) is 48.7 Å². The predicted octanol–water partition coefficient (Wildman–Crippen LogP) is 2.61. The molecule has 0 spiro atoms. The number of carbonyl (C=O) groups is 3. The zero-order chi connectivity index (χ0) is 20.1. The fourth-order valence-electron chi connectivity index (χ4n) is 3.30. The second kappa shape index (κ2) is 9.01. The standard InChI is InChI=1S/C21H25N3O3S/c1-15-5-7-17(8-6-15)21(27)24-11-9-23(10-12-24)20(26)14-18(22-16(2)25)19-4-3-13-28-19/h3-8,13,18H,9-12,14H2,1-2H3,(H,22,25). The van der Waals surface area contributed by atoms with Crippen LogP contribution in [0.4, 0.5) is 0 Å². The van der Waals surface area contributed by atoms with Crippen LogP contribution in [-0.4, -0.2) is 53.7 Å². The molecule has 2 heterocycles. The third-order valence-electron chi connectivity index (χ3n) is 4.86. The zero-order valence-corrected chi connectivity index (χ0v) is 17.0. The van der Waals surface area contributed by atoms with Crippen LogP contribution in [0, 0.1) is 6.92 Å². The van der Waals surface area contributed by atoms with Gasteiger partial charge in [0.05, 0.1) is 12.5 Å². The molecule has 28 heavy (non-hydrogen) atoms. The lowest BCUT2D eigenvalue weighted by molar-refractivity contribution is -0.133. The van der Waals surface area contributed by atoms with E-state index in [0.29, 0.717) is 31.7 Å². The van der Waals surface area contributed by atoms with Crippen molar-refractivity contribution < 1.29 is 14.4 Å². The molecule has 1 atom stereocenters. The topological polar surface area (TPSA) is 69.7 Å². The van der Waals surface area contributed by atoms with Crippen LogP contribution in [-0.2, 0) is 9.59 Å². The molecule has 3 amide bonds. The summed E-state index contributed by atoms with van der Waals surface area (Å²) in [6, 6.07) is 11.1. The van der Waals surface area contributed by atoms with Gasteiger partial charge in [0.2, 0.25) is 11.8 Å². The minimum Gasteiger partial charge on any atom is -0.348 e. The molecular weight excluding hydrogens is 374 g/mol. The second-order valence-corrected chi connectivity index (χ2v) is 7.99. The maximum atomic E-state index is 12.7. The fraction of sp³-hybridized carbons (Fsp3) is 0.381. The lowest BCUT2D eigenvalue weighted by Gasteiger charge is -2.35. The Labute approximate surface area is 169 Å². The Balaban J connectivity index is 1.56. The number of amides is 3. The summed E-state index contributed by atoms with van der Waals surface area (Å²) in [5.74, 6) is -0.156. The van der Waals surface area contributed by atoms with Crippen LogP contribution in [0.5, 0.6) is 0 Å². The molecule has 0 saturated carbocycles. The number of piperazine rings is 1. The summed E-state index contributed by atoms with van der Waals surface area (Å²) in [7, 11) is 0. The Morgan fingerprint density at radius 1 is 1.04 bits per heavy atom. The van der Waals surface area contributed by atoms with Gasteiger partial charge in [-0.25, -0.2) is 0 Å². The highest BCUT2D eigenvalue weighted by Crippen LogP contribution is 2.23. The molecule has 6 nitrogen and oxygen atoms in total. The van der Waals surface area contributed by atoms with E-state index >= 15 is 0 Å². The van der Waals surface area contributed by atoms with Crippen LogP contribution < -0.4 is 5.32 Å². The number of nitrogens with one attached hydrogen (secondary N) is 1. The van der Waals surface area contributed by atoms with Crippen molar-refractivity contribution in [3.05, 3.63) is 57.8 Å². The van der Waals surface area contributed by atoms with Crippen LogP contribution in [0.1, 0.15) is 40.2 Å². The minimum absolute atomic E-state index is 0.00167. The van der Waals surface area contributed by atoms with E-state index in [0.717, 1.165) is 10.4 Å². The van der Waals surface area contributed by atoms with E-state index in [2.05, 4.69) is 5.32 Å². The first-order valence-electron chi connectivity index (χ1n) is 9.38. The summed E-state index contributed by atoms with van der Waals surface area (Å²) in [6.07, 6.45) is 0.228. The Hall–Kier alpha value is -2.67. The molecular formula is C21H25N3O3S. The molecule has 1 N–H and O–H groups in total. The molecule has 0 bridgehead atoms. The third kappa shape index (κ3) is 4.98. The molecule has 0 radical (unpaired) electrons. The predicted molar refractivity (Wildman–Crippen MR) is 109 cm³/mol. The van der Waals surface area contributed by atoms with Crippen molar-refractivity contribution in [2.24, 2.45) is 0 Å². The molecule has 1 aromatic carbocycles. The molecule has 3 rings (SSSR count). The summed E-state index contributed by atoms with van der Waals surface area (Å²) >= 11 is 1.53. The number of carbonyl (C=O) groups excluding carboxylic acids is 3. The van der Waals surface area contributed by atoms with Gasteiger partial charge >= 0.3 is 0 Å². The van der Waals surface area contributed by atoms with Gasteiger partial charge in [-0.15, -0.1) is 11.3 Å². The molecule has 1 aliphatic heterocycles. The summed E-state index contributed by atoms with van der Waals surface area (Å²) in [5, 5.41) is 4.80. The van der Waals surface area contributed by atoms with E-state index in [9.17, 15) is 14.4 Å². The van der Waals surface area contributed by atoms with Gasteiger partial charge in [-0.3, -0.25) is 14.4 Å². The van der Waals surface area contributed by atoms with Crippen molar-refractivity contribution in [3.63, 3.8) is 0 Å². The molecule has 1 unspecified atom stereocenters. The van der Waals surface area contributed by atoms with E-state index < -0.39 is 0 Å². The number of thiophene rings is 1. The Bertz CT molecular complexity index is 825. The summed E-state index contributed by atoms with van der Waals surface area (Å²) in [5.41, 5.74) is 1.79. The van der Waals surface area contributed by atoms with Crippen molar-refractivity contribution in [1.82, 2.24) is 15.1 Å². The van der Waals surface area contributed by atoms with Crippen LogP contribution in [0.2, 0.25) is 0 Å². The average Bonchev–Trinajstić information content (AvgIpc) is 3.22. The minimum atomic E-state index is -0.308. The van der Waals surface area contributed by atoms with Gasteiger partial charge < -0.3 is 15.1 Å². The average molecular weight is 400 g/mol. The van der Waals surface area contributed by atoms with Crippen LogP contribution in [0.3, 0.4) is 0 Å². The Kier molecular flexibility index (Phi) is 6.46. The quantitative estimate of drug-likeness (QED) is 0.840. The van der Waals surface area contributed by atoms with Gasteiger partial charge in [0.15, 0.2) is 0 Å². The first-order chi connectivity index (χ1) is 13.4. The van der Waals surface area contributed by atoms with Crippen molar-refractivity contribution in [1.29, 1.82) is 0 Å². The molecule has 2 aromatic rings. The van der Waals surface area contributed by atoms with Gasteiger partial charge in [-0.1, -0.05) is 23.8 Å². The van der Waals surface area contributed by atoms with Crippen LogP contribution in [0.15, 0.2) is 41.8 Å². The number of benzene rings is 1. The Morgan fingerprint density at radius 2 is 1.68 bits per heavy atom. The fourth-order valence-corrected chi connectivity index (χ4v) is 4.08. The number of aryl methyl sites for hydroxylation is 1. The zero-order valence-electron chi connectivity index (χ0n) is 16.2. The summed E-state index contributed by atoms with van der Waals surface area (Å²) in [6.45, 7) is 5.50. The van der Waals surface area contributed by atoms with Crippen molar-refractivity contribution in [2.75, 3.05) is 26.2 Å². The highest BCUT2D eigenvalue weighted by molar-refractivity contribution is 7.10. The lowest BCUT2D eigenvalue weighted by Crippen LogP contribution is -2.51. The lowest BCUT2D eigenvalue weighted by atomic mass is 10.1. The highest BCUT2D eigenvalue weighted by atomic mass is 32.1. The summed E-state index contributed by atoms with van der Waals surface area (Å²) in [4.78, 5) is 41.4. The molecule has 1 aromatic heterocycles. The van der Waals surface area contributed by atoms with Gasteiger partial charge in [0, 0.05) is 43.5 Å². The highest BCUT2D eigenvalue weighted by Gasteiger charge is 2.27. The molecule has 1 saturated heterocycles. The SMILES string of the molecule is CC(=O)NC(CC(=O)N1CCN(C(=O)c2ccc(C)cc2)CC1)c1cccs1. The van der Waals surface area contributed by atoms with Gasteiger partial charge in [0.1, 0.15) is 0 Å². The number of nitrogens with zero attached hydrogens (tertiary/aromatic N) is 2. The van der Waals surface area contributed by atoms with Crippen LogP contribution >= 0.6 is 11.3 Å². The third-order valence-corrected chi connectivity index (χ3v) is 5.85. The number of hydrogen-bond acceptors (Lipinski definition) is 4. The van der Waals surface area contributed by atoms with Crippen molar-refractivity contribution in [3.8, 4) is 0 Å². The van der Waals surface area contributed by atoms with Crippen molar-refractivity contribution in [2.45, 2.75) is 26.3 Å². The second-order valence-electron chi connectivity index (χ2n) is 7.01. The molecule has 0 aliphatic carbocycles. The Morgan fingerprint density at radius 3 is 2.25 bits per heavy atom. The van der Waals surface area contributed by atoms with Crippen molar-refractivity contribution >= 4 is 29.1 Å². The normalized spacial score (nSPS) is 15.2. The molecule has 1 aliphatic rings. The number of hydrogen-bond donors (Lipinski definition) is 1. The molecule has 7 heteroatoms. The molecule has 1 fully saturated rings. The first kappa shape index (κ1) is 20.1.